The average molecular weight is 252 g/mol. The number of nitrogens with zero attached hydrogens (tertiary/aromatic N) is 1. The third kappa shape index (κ3) is 4.46. The molecule has 0 spiro atoms. The largest absolute Gasteiger partial charge is 0.472 e. The molecule has 0 bridgehead atoms. The van der Waals surface area contributed by atoms with Crippen LogP contribution in [0.2, 0.25) is 0 Å². The van der Waals surface area contributed by atoms with Gasteiger partial charge in [0, 0.05) is 25.2 Å². The lowest BCUT2D eigenvalue weighted by Gasteiger charge is -2.36. The molecule has 1 heterocycles. The Labute approximate surface area is 112 Å². The molecule has 104 valence electrons. The van der Waals surface area contributed by atoms with E-state index in [4.69, 9.17) is 4.42 Å². The molecule has 3 nitrogen and oxygen atoms in total. The predicted octanol–water partition coefficient (Wildman–Crippen LogP) is 3.13. The summed E-state index contributed by atoms with van der Waals surface area (Å²) in [6.07, 6.45) is 6.01. The lowest BCUT2D eigenvalue weighted by atomic mass is 9.81. The second-order valence-electron chi connectivity index (χ2n) is 5.29. The van der Waals surface area contributed by atoms with E-state index in [9.17, 15) is 0 Å². The summed E-state index contributed by atoms with van der Waals surface area (Å²) in [5.41, 5.74) is 1.64. The predicted molar refractivity (Wildman–Crippen MR) is 76.6 cm³/mol. The molecule has 0 atom stereocenters. The van der Waals surface area contributed by atoms with Gasteiger partial charge in [-0.15, -0.1) is 0 Å². The van der Waals surface area contributed by atoms with E-state index in [1.54, 1.807) is 6.26 Å². The summed E-state index contributed by atoms with van der Waals surface area (Å²) < 4.78 is 5.12. The van der Waals surface area contributed by atoms with E-state index < -0.39 is 0 Å². The minimum atomic E-state index is 0.383. The van der Waals surface area contributed by atoms with Crippen molar-refractivity contribution in [1.82, 2.24) is 10.2 Å². The summed E-state index contributed by atoms with van der Waals surface area (Å²) in [5.74, 6) is 0. The average Bonchev–Trinajstić information content (AvgIpc) is 2.87. The lowest BCUT2D eigenvalue weighted by Crippen LogP contribution is -2.42. The van der Waals surface area contributed by atoms with Gasteiger partial charge in [-0.25, -0.2) is 0 Å². The Kier molecular flexibility index (Phi) is 6.44. The van der Waals surface area contributed by atoms with Gasteiger partial charge in [0.2, 0.25) is 0 Å². The number of nitrogens with one attached hydrogen (secondary N) is 1. The molecule has 18 heavy (non-hydrogen) atoms. The molecule has 0 fully saturated rings. The van der Waals surface area contributed by atoms with Gasteiger partial charge in [-0.05, 0) is 37.9 Å². The molecule has 0 saturated heterocycles. The zero-order valence-electron chi connectivity index (χ0n) is 12.3. The van der Waals surface area contributed by atoms with Crippen molar-refractivity contribution in [2.45, 2.75) is 40.2 Å². The van der Waals surface area contributed by atoms with Crippen molar-refractivity contribution in [2.75, 3.05) is 26.7 Å². The SMILES string of the molecule is CCNCC(CC)(CC)CN(C)Cc1ccoc1. The Hall–Kier alpha value is -0.800. The summed E-state index contributed by atoms with van der Waals surface area (Å²) in [4.78, 5) is 2.40. The minimum Gasteiger partial charge on any atom is -0.472 e. The van der Waals surface area contributed by atoms with Crippen molar-refractivity contribution in [1.29, 1.82) is 0 Å². The first kappa shape index (κ1) is 15.3. The molecule has 1 N–H and O–H groups in total. The fourth-order valence-corrected chi connectivity index (χ4v) is 2.49. The van der Waals surface area contributed by atoms with Crippen LogP contribution < -0.4 is 5.32 Å². The van der Waals surface area contributed by atoms with Crippen LogP contribution in [0.5, 0.6) is 0 Å². The summed E-state index contributed by atoms with van der Waals surface area (Å²) in [5, 5.41) is 3.51. The molecule has 0 aliphatic carbocycles. The monoisotopic (exact) mass is 252 g/mol. The molecule has 1 rings (SSSR count). The van der Waals surface area contributed by atoms with E-state index >= 15 is 0 Å². The fourth-order valence-electron chi connectivity index (χ4n) is 2.49. The number of rotatable bonds is 9. The highest BCUT2D eigenvalue weighted by Gasteiger charge is 2.27. The Morgan fingerprint density at radius 3 is 2.50 bits per heavy atom. The van der Waals surface area contributed by atoms with Crippen LogP contribution in [0, 0.1) is 5.41 Å². The number of furan rings is 1. The van der Waals surface area contributed by atoms with Gasteiger partial charge in [0.1, 0.15) is 0 Å². The maximum Gasteiger partial charge on any atom is 0.0947 e. The minimum absolute atomic E-state index is 0.383. The third-order valence-electron chi connectivity index (χ3n) is 3.89. The Morgan fingerprint density at radius 2 is 2.00 bits per heavy atom. The molecule has 3 heteroatoms. The summed E-state index contributed by atoms with van der Waals surface area (Å²) >= 11 is 0. The quantitative estimate of drug-likeness (QED) is 0.732. The first-order chi connectivity index (χ1) is 8.65. The van der Waals surface area contributed by atoms with E-state index in [0.29, 0.717) is 5.41 Å². The molecule has 0 radical (unpaired) electrons. The van der Waals surface area contributed by atoms with Crippen LogP contribution in [0.25, 0.3) is 0 Å². The Morgan fingerprint density at radius 1 is 1.28 bits per heavy atom. The normalized spacial score (nSPS) is 12.3. The van der Waals surface area contributed by atoms with Gasteiger partial charge in [-0.1, -0.05) is 20.8 Å². The second-order valence-corrected chi connectivity index (χ2v) is 5.29. The zero-order valence-corrected chi connectivity index (χ0v) is 12.3. The molecule has 0 amide bonds. The van der Waals surface area contributed by atoms with Crippen molar-refractivity contribution in [3.8, 4) is 0 Å². The van der Waals surface area contributed by atoms with Crippen LogP contribution in [0.3, 0.4) is 0 Å². The van der Waals surface area contributed by atoms with E-state index in [-0.39, 0.29) is 0 Å². The topological polar surface area (TPSA) is 28.4 Å². The van der Waals surface area contributed by atoms with Gasteiger partial charge in [-0.2, -0.15) is 0 Å². The van der Waals surface area contributed by atoms with Crippen LogP contribution in [-0.4, -0.2) is 31.6 Å². The van der Waals surface area contributed by atoms with E-state index in [2.05, 4.69) is 38.0 Å². The molecule has 0 aliphatic heterocycles. The molecule has 1 aromatic heterocycles. The molecule has 0 aliphatic rings. The van der Waals surface area contributed by atoms with Crippen LogP contribution in [0.15, 0.2) is 23.0 Å². The van der Waals surface area contributed by atoms with Gasteiger partial charge in [0.25, 0.3) is 0 Å². The maximum atomic E-state index is 5.12. The van der Waals surface area contributed by atoms with Crippen LogP contribution in [-0.2, 0) is 6.54 Å². The molecule has 1 aromatic rings. The van der Waals surface area contributed by atoms with Gasteiger partial charge in [0.15, 0.2) is 0 Å². The van der Waals surface area contributed by atoms with Gasteiger partial charge >= 0.3 is 0 Å². The van der Waals surface area contributed by atoms with Crippen LogP contribution in [0.1, 0.15) is 39.2 Å². The number of hydrogen-bond acceptors (Lipinski definition) is 3. The number of hydrogen-bond donors (Lipinski definition) is 1. The highest BCUT2D eigenvalue weighted by Crippen LogP contribution is 2.27. The summed E-state index contributed by atoms with van der Waals surface area (Å²) in [7, 11) is 2.19. The smallest absolute Gasteiger partial charge is 0.0947 e. The summed E-state index contributed by atoms with van der Waals surface area (Å²) in [6.45, 7) is 11.0. The standard InChI is InChI=1S/C15H28N2O/c1-5-15(6-2,12-16-7-3)13-17(4)10-14-8-9-18-11-14/h8-9,11,16H,5-7,10,12-13H2,1-4H3. The Bertz CT molecular complexity index is 304. The highest BCUT2D eigenvalue weighted by atomic mass is 16.3. The van der Waals surface area contributed by atoms with E-state index in [0.717, 1.165) is 26.2 Å². The lowest BCUT2D eigenvalue weighted by molar-refractivity contribution is 0.151. The van der Waals surface area contributed by atoms with Crippen molar-refractivity contribution in [3.63, 3.8) is 0 Å². The molecule has 0 saturated carbocycles. The second kappa shape index (κ2) is 7.59. The first-order valence-electron chi connectivity index (χ1n) is 7.06. The molecule has 0 aromatic carbocycles. The van der Waals surface area contributed by atoms with E-state index in [1.165, 1.54) is 18.4 Å². The Balaban J connectivity index is 2.53. The van der Waals surface area contributed by atoms with Crippen molar-refractivity contribution in [2.24, 2.45) is 5.41 Å². The summed E-state index contributed by atoms with van der Waals surface area (Å²) in [6, 6.07) is 2.04. The van der Waals surface area contributed by atoms with Crippen molar-refractivity contribution < 1.29 is 4.42 Å². The third-order valence-corrected chi connectivity index (χ3v) is 3.89. The fraction of sp³-hybridized carbons (Fsp3) is 0.733. The van der Waals surface area contributed by atoms with Gasteiger partial charge in [-0.3, -0.25) is 0 Å². The molecular weight excluding hydrogens is 224 g/mol. The first-order valence-corrected chi connectivity index (χ1v) is 7.06. The maximum absolute atomic E-state index is 5.12. The van der Waals surface area contributed by atoms with Gasteiger partial charge in [0.05, 0.1) is 12.5 Å². The van der Waals surface area contributed by atoms with Crippen LogP contribution in [0.4, 0.5) is 0 Å². The van der Waals surface area contributed by atoms with Crippen molar-refractivity contribution >= 4 is 0 Å². The van der Waals surface area contributed by atoms with Gasteiger partial charge < -0.3 is 14.6 Å². The highest BCUT2D eigenvalue weighted by molar-refractivity contribution is 5.04. The van der Waals surface area contributed by atoms with Crippen molar-refractivity contribution in [3.05, 3.63) is 24.2 Å². The van der Waals surface area contributed by atoms with Crippen LogP contribution >= 0.6 is 0 Å². The zero-order chi connectivity index (χ0) is 13.4. The molecular formula is C15H28N2O. The van der Waals surface area contributed by atoms with E-state index in [1.807, 2.05) is 12.3 Å². The molecule has 0 unspecified atom stereocenters.